The maximum atomic E-state index is 5.24. The van der Waals surface area contributed by atoms with E-state index >= 15 is 0 Å². The first-order valence-electron chi connectivity index (χ1n) is 3.74. The minimum absolute atomic E-state index is 0.781. The molecule has 0 spiro atoms. The fourth-order valence-corrected chi connectivity index (χ4v) is 1.18. The van der Waals surface area contributed by atoms with Crippen LogP contribution >= 0.6 is 0 Å². The van der Waals surface area contributed by atoms with E-state index in [2.05, 4.69) is 11.9 Å². The van der Waals surface area contributed by atoms with Crippen molar-refractivity contribution in [3.05, 3.63) is 12.3 Å². The molecule has 1 atom stereocenters. The minimum atomic E-state index is 0.781. The van der Waals surface area contributed by atoms with Gasteiger partial charge < -0.3 is 5.73 Å². The Balaban J connectivity index is 2.51. The van der Waals surface area contributed by atoms with Gasteiger partial charge in [0.1, 0.15) is 0 Å². The molecule has 1 rings (SSSR count). The van der Waals surface area contributed by atoms with Crippen molar-refractivity contribution in [3.63, 3.8) is 0 Å². The van der Waals surface area contributed by atoms with Crippen LogP contribution in [0.5, 0.6) is 0 Å². The summed E-state index contributed by atoms with van der Waals surface area (Å²) in [4.78, 5) is 4.32. The highest BCUT2D eigenvalue weighted by molar-refractivity contribution is 5.95. The Labute approximate surface area is 61.8 Å². The molecule has 0 saturated heterocycles. The van der Waals surface area contributed by atoms with Gasteiger partial charge in [-0.15, -0.1) is 0 Å². The van der Waals surface area contributed by atoms with Gasteiger partial charge in [-0.2, -0.15) is 0 Å². The lowest BCUT2D eigenvalue weighted by Crippen LogP contribution is -2.11. The van der Waals surface area contributed by atoms with Crippen molar-refractivity contribution in [3.8, 4) is 0 Å². The molecule has 0 amide bonds. The standard InChI is InChI=1S/C8H14N2/c1-7-3-5-10-8(6-7)2-4-9/h2,4,7H,3,5-6,9H2,1H3/b4-2-. The van der Waals surface area contributed by atoms with E-state index in [0.717, 1.165) is 24.6 Å². The lowest BCUT2D eigenvalue weighted by atomic mass is 9.98. The summed E-state index contributed by atoms with van der Waals surface area (Å²) in [6, 6.07) is 0. The lowest BCUT2D eigenvalue weighted by Gasteiger charge is -2.15. The monoisotopic (exact) mass is 138 g/mol. The van der Waals surface area contributed by atoms with Crippen LogP contribution in [0.3, 0.4) is 0 Å². The zero-order valence-electron chi connectivity index (χ0n) is 6.38. The van der Waals surface area contributed by atoms with E-state index in [0.29, 0.717) is 0 Å². The van der Waals surface area contributed by atoms with Crippen molar-refractivity contribution in [2.75, 3.05) is 6.54 Å². The van der Waals surface area contributed by atoms with Gasteiger partial charge in [-0.3, -0.25) is 4.99 Å². The summed E-state index contributed by atoms with van der Waals surface area (Å²) in [7, 11) is 0. The predicted molar refractivity (Wildman–Crippen MR) is 44.0 cm³/mol. The van der Waals surface area contributed by atoms with E-state index in [4.69, 9.17) is 5.73 Å². The third kappa shape index (κ3) is 1.87. The normalized spacial score (nSPS) is 26.9. The van der Waals surface area contributed by atoms with Crippen molar-refractivity contribution in [2.45, 2.75) is 19.8 Å². The van der Waals surface area contributed by atoms with E-state index in [1.165, 1.54) is 6.42 Å². The molecule has 0 radical (unpaired) electrons. The number of nitrogens with zero attached hydrogens (tertiary/aromatic N) is 1. The summed E-state index contributed by atoms with van der Waals surface area (Å²) in [5.41, 5.74) is 6.40. The van der Waals surface area contributed by atoms with Crippen LogP contribution in [-0.4, -0.2) is 12.3 Å². The summed E-state index contributed by atoms with van der Waals surface area (Å²) >= 11 is 0. The molecule has 0 fully saturated rings. The molecule has 0 saturated carbocycles. The Morgan fingerprint density at radius 3 is 3.10 bits per heavy atom. The number of nitrogens with two attached hydrogens (primary N) is 1. The van der Waals surface area contributed by atoms with Crippen LogP contribution in [0, 0.1) is 5.92 Å². The van der Waals surface area contributed by atoms with E-state index in [1.807, 2.05) is 6.08 Å². The van der Waals surface area contributed by atoms with E-state index in [9.17, 15) is 0 Å². The molecule has 1 unspecified atom stereocenters. The third-order valence-corrected chi connectivity index (χ3v) is 1.78. The fraction of sp³-hybridized carbons (Fsp3) is 0.625. The van der Waals surface area contributed by atoms with Gasteiger partial charge in [0.05, 0.1) is 0 Å². The summed E-state index contributed by atoms with van der Waals surface area (Å²) in [6.07, 6.45) is 5.78. The first-order valence-corrected chi connectivity index (χ1v) is 3.74. The molecule has 0 aromatic rings. The summed E-state index contributed by atoms with van der Waals surface area (Å²) < 4.78 is 0. The second kappa shape index (κ2) is 3.40. The molecule has 10 heavy (non-hydrogen) atoms. The van der Waals surface area contributed by atoms with Crippen LogP contribution in [-0.2, 0) is 0 Å². The third-order valence-electron chi connectivity index (χ3n) is 1.78. The number of allylic oxidation sites excluding steroid dienone is 1. The number of hydrogen-bond donors (Lipinski definition) is 1. The minimum Gasteiger partial charge on any atom is -0.405 e. The molecule has 0 aromatic carbocycles. The van der Waals surface area contributed by atoms with Crippen LogP contribution < -0.4 is 5.73 Å². The molecule has 2 nitrogen and oxygen atoms in total. The lowest BCUT2D eigenvalue weighted by molar-refractivity contribution is 0.542. The second-order valence-electron chi connectivity index (χ2n) is 2.83. The highest BCUT2D eigenvalue weighted by Crippen LogP contribution is 2.14. The maximum absolute atomic E-state index is 5.24. The molecule has 0 aliphatic carbocycles. The predicted octanol–water partition coefficient (Wildman–Crippen LogP) is 1.33. The topological polar surface area (TPSA) is 38.4 Å². The van der Waals surface area contributed by atoms with Crippen molar-refractivity contribution in [1.82, 2.24) is 0 Å². The van der Waals surface area contributed by atoms with Crippen LogP contribution in [0.25, 0.3) is 0 Å². The fourth-order valence-electron chi connectivity index (χ4n) is 1.18. The first kappa shape index (κ1) is 7.32. The molecular weight excluding hydrogens is 124 g/mol. The molecular formula is C8H14N2. The van der Waals surface area contributed by atoms with E-state index in [1.54, 1.807) is 6.20 Å². The van der Waals surface area contributed by atoms with Gasteiger partial charge in [0, 0.05) is 12.3 Å². The number of aliphatic imine (C=N–C) groups is 1. The molecule has 2 heteroatoms. The molecule has 1 aliphatic rings. The number of rotatable bonds is 1. The van der Waals surface area contributed by atoms with Gasteiger partial charge in [0.2, 0.25) is 0 Å². The smallest absolute Gasteiger partial charge is 0.0395 e. The van der Waals surface area contributed by atoms with Crippen molar-refractivity contribution in [2.24, 2.45) is 16.6 Å². The second-order valence-corrected chi connectivity index (χ2v) is 2.83. The first-order chi connectivity index (χ1) is 4.83. The average Bonchev–Trinajstić information content (AvgIpc) is 1.88. The van der Waals surface area contributed by atoms with Crippen molar-refractivity contribution < 1.29 is 0 Å². The summed E-state index contributed by atoms with van der Waals surface area (Å²) in [6.45, 7) is 3.22. The SMILES string of the molecule is CC1CCN=C(/C=C\N)C1. The van der Waals surface area contributed by atoms with Gasteiger partial charge in [-0.05, 0) is 31.0 Å². The van der Waals surface area contributed by atoms with Crippen molar-refractivity contribution >= 4 is 5.71 Å². The van der Waals surface area contributed by atoms with Crippen LogP contribution in [0.15, 0.2) is 17.3 Å². The van der Waals surface area contributed by atoms with Gasteiger partial charge in [-0.1, -0.05) is 6.92 Å². The Morgan fingerprint density at radius 1 is 1.70 bits per heavy atom. The zero-order valence-corrected chi connectivity index (χ0v) is 6.38. The highest BCUT2D eigenvalue weighted by Gasteiger charge is 2.09. The van der Waals surface area contributed by atoms with Gasteiger partial charge in [0.25, 0.3) is 0 Å². The van der Waals surface area contributed by atoms with Crippen LogP contribution in [0.4, 0.5) is 0 Å². The molecule has 2 N–H and O–H groups in total. The molecule has 1 heterocycles. The average molecular weight is 138 g/mol. The molecule has 56 valence electrons. The maximum Gasteiger partial charge on any atom is 0.0395 e. The summed E-state index contributed by atoms with van der Waals surface area (Å²) in [5, 5.41) is 0. The van der Waals surface area contributed by atoms with Crippen LogP contribution in [0.1, 0.15) is 19.8 Å². The Kier molecular flexibility index (Phi) is 2.49. The Bertz CT molecular complexity index is 159. The summed E-state index contributed by atoms with van der Waals surface area (Å²) in [5.74, 6) is 0.781. The Hall–Kier alpha value is -0.790. The van der Waals surface area contributed by atoms with Gasteiger partial charge in [0.15, 0.2) is 0 Å². The molecule has 0 bridgehead atoms. The van der Waals surface area contributed by atoms with Gasteiger partial charge >= 0.3 is 0 Å². The largest absolute Gasteiger partial charge is 0.405 e. The quantitative estimate of drug-likeness (QED) is 0.583. The van der Waals surface area contributed by atoms with E-state index in [-0.39, 0.29) is 0 Å². The Morgan fingerprint density at radius 2 is 2.50 bits per heavy atom. The zero-order chi connectivity index (χ0) is 7.40. The van der Waals surface area contributed by atoms with Crippen molar-refractivity contribution in [1.29, 1.82) is 0 Å². The highest BCUT2D eigenvalue weighted by atomic mass is 14.7. The van der Waals surface area contributed by atoms with Crippen LogP contribution in [0.2, 0.25) is 0 Å². The van der Waals surface area contributed by atoms with E-state index < -0.39 is 0 Å². The molecule has 1 aliphatic heterocycles. The molecule has 0 aromatic heterocycles. The van der Waals surface area contributed by atoms with Gasteiger partial charge in [-0.25, -0.2) is 0 Å². The number of hydrogen-bond acceptors (Lipinski definition) is 2.